The molecule has 19 heavy (non-hydrogen) atoms. The van der Waals surface area contributed by atoms with Gasteiger partial charge in [-0.05, 0) is 50.5 Å². The molecule has 0 saturated carbocycles. The molecule has 0 aliphatic carbocycles. The largest absolute Gasteiger partial charge is 0.372 e. The Morgan fingerprint density at radius 3 is 2.32 bits per heavy atom. The summed E-state index contributed by atoms with van der Waals surface area (Å²) in [6.45, 7) is 3.92. The maximum atomic E-state index is 11.4. The van der Waals surface area contributed by atoms with Crippen molar-refractivity contribution < 1.29 is 4.79 Å². The molecule has 0 radical (unpaired) electrons. The quantitative estimate of drug-likeness (QED) is 0.864. The van der Waals surface area contributed by atoms with Gasteiger partial charge in [0.25, 0.3) is 0 Å². The first kappa shape index (κ1) is 16.1. The highest BCUT2D eigenvalue weighted by atomic mass is 35.5. The van der Waals surface area contributed by atoms with Gasteiger partial charge >= 0.3 is 0 Å². The number of benzene rings is 1. The number of anilines is 2. The monoisotopic (exact) mass is 302 g/mol. The molecule has 1 aromatic rings. The van der Waals surface area contributed by atoms with E-state index in [0.29, 0.717) is 0 Å². The zero-order chi connectivity index (χ0) is 13.0. The number of amides is 1. The van der Waals surface area contributed by atoms with Gasteiger partial charge < -0.3 is 10.2 Å². The average Bonchev–Trinajstić information content (AvgIpc) is 2.40. The number of rotatable bonds is 3. The third-order valence-electron chi connectivity index (χ3n) is 3.22. The fourth-order valence-electron chi connectivity index (χ4n) is 2.15. The average molecular weight is 303 g/mol. The van der Waals surface area contributed by atoms with E-state index in [-0.39, 0.29) is 18.3 Å². The Hall–Kier alpha value is -0.930. The molecular weight excluding hydrogens is 283 g/mol. The van der Waals surface area contributed by atoms with Crippen molar-refractivity contribution in [3.63, 3.8) is 0 Å². The number of hydrogen-bond donors (Lipinski definition) is 1. The highest BCUT2D eigenvalue weighted by molar-refractivity contribution is 6.32. The summed E-state index contributed by atoms with van der Waals surface area (Å²) in [5.74, 6) is -0.164. The molecule has 1 saturated heterocycles. The SMILES string of the molecule is CC(Cl)C(=O)Nc1ccc(N2CCCCC2)cc1.Cl. The lowest BCUT2D eigenvalue weighted by molar-refractivity contribution is -0.115. The van der Waals surface area contributed by atoms with Gasteiger partial charge in [0, 0.05) is 24.5 Å². The predicted octanol–water partition coefficient (Wildman–Crippen LogP) is 3.66. The summed E-state index contributed by atoms with van der Waals surface area (Å²) < 4.78 is 0. The van der Waals surface area contributed by atoms with Crippen LogP contribution in [0.3, 0.4) is 0 Å². The molecule has 1 N–H and O–H groups in total. The molecule has 1 aromatic carbocycles. The number of carbonyl (C=O) groups excluding carboxylic acids is 1. The number of carbonyl (C=O) groups is 1. The molecule has 5 heteroatoms. The third kappa shape index (κ3) is 4.59. The molecule has 106 valence electrons. The minimum atomic E-state index is -0.508. The Labute approximate surface area is 125 Å². The topological polar surface area (TPSA) is 32.3 Å². The summed E-state index contributed by atoms with van der Waals surface area (Å²) in [4.78, 5) is 13.8. The smallest absolute Gasteiger partial charge is 0.242 e. The lowest BCUT2D eigenvalue weighted by Crippen LogP contribution is -2.29. The molecule has 0 bridgehead atoms. The number of alkyl halides is 1. The molecule has 1 amide bonds. The molecule has 1 aliphatic rings. The van der Waals surface area contributed by atoms with E-state index in [4.69, 9.17) is 11.6 Å². The molecule has 3 nitrogen and oxygen atoms in total. The third-order valence-corrected chi connectivity index (χ3v) is 3.42. The van der Waals surface area contributed by atoms with Crippen molar-refractivity contribution in [1.29, 1.82) is 0 Å². The van der Waals surface area contributed by atoms with E-state index in [1.165, 1.54) is 24.9 Å². The van der Waals surface area contributed by atoms with E-state index in [2.05, 4.69) is 22.3 Å². The van der Waals surface area contributed by atoms with Crippen LogP contribution in [0.15, 0.2) is 24.3 Å². The molecule has 1 atom stereocenters. The van der Waals surface area contributed by atoms with Gasteiger partial charge in [-0.3, -0.25) is 4.79 Å². The van der Waals surface area contributed by atoms with E-state index < -0.39 is 5.38 Å². The van der Waals surface area contributed by atoms with Crippen LogP contribution in [-0.2, 0) is 4.79 Å². The second kappa shape index (κ2) is 7.61. The van der Waals surface area contributed by atoms with E-state index in [1.807, 2.05) is 12.1 Å². The Morgan fingerprint density at radius 2 is 1.79 bits per heavy atom. The van der Waals surface area contributed by atoms with E-state index in [1.54, 1.807) is 6.92 Å². The Kier molecular flexibility index (Phi) is 6.46. The molecule has 1 unspecified atom stereocenters. The second-order valence-corrected chi connectivity index (χ2v) is 5.35. The summed E-state index contributed by atoms with van der Waals surface area (Å²) in [6, 6.07) is 7.97. The van der Waals surface area contributed by atoms with E-state index in [9.17, 15) is 4.79 Å². The van der Waals surface area contributed by atoms with Crippen molar-refractivity contribution in [2.75, 3.05) is 23.3 Å². The molecule has 1 aliphatic heterocycles. The lowest BCUT2D eigenvalue weighted by Gasteiger charge is -2.28. The van der Waals surface area contributed by atoms with Crippen LogP contribution in [-0.4, -0.2) is 24.4 Å². The highest BCUT2D eigenvalue weighted by Gasteiger charge is 2.12. The minimum absolute atomic E-state index is 0. The van der Waals surface area contributed by atoms with E-state index >= 15 is 0 Å². The lowest BCUT2D eigenvalue weighted by atomic mass is 10.1. The summed E-state index contributed by atoms with van der Waals surface area (Å²) in [7, 11) is 0. The highest BCUT2D eigenvalue weighted by Crippen LogP contribution is 2.21. The summed E-state index contributed by atoms with van der Waals surface area (Å²) >= 11 is 5.71. The van der Waals surface area contributed by atoms with Crippen molar-refractivity contribution in [3.05, 3.63) is 24.3 Å². The standard InChI is InChI=1S/C14H19ClN2O.ClH/c1-11(15)14(18)16-12-5-7-13(8-6-12)17-9-3-2-4-10-17;/h5-8,11H,2-4,9-10H2,1H3,(H,16,18);1H. The Bertz CT molecular complexity index is 400. The minimum Gasteiger partial charge on any atom is -0.372 e. The van der Waals surface area contributed by atoms with Crippen LogP contribution in [0, 0.1) is 0 Å². The van der Waals surface area contributed by atoms with Crippen LogP contribution in [0.4, 0.5) is 11.4 Å². The number of piperidine rings is 1. The van der Waals surface area contributed by atoms with Crippen LogP contribution < -0.4 is 10.2 Å². The van der Waals surface area contributed by atoms with Crippen molar-refractivity contribution in [2.45, 2.75) is 31.6 Å². The van der Waals surface area contributed by atoms with Gasteiger partial charge in [0.05, 0.1) is 0 Å². The number of hydrogen-bond acceptors (Lipinski definition) is 2. The van der Waals surface area contributed by atoms with Crippen LogP contribution in [0.1, 0.15) is 26.2 Å². The number of nitrogens with one attached hydrogen (secondary N) is 1. The van der Waals surface area contributed by atoms with Crippen LogP contribution in [0.2, 0.25) is 0 Å². The van der Waals surface area contributed by atoms with Crippen LogP contribution in [0.25, 0.3) is 0 Å². The Morgan fingerprint density at radius 1 is 1.21 bits per heavy atom. The maximum absolute atomic E-state index is 11.4. The van der Waals surface area contributed by atoms with Gasteiger partial charge in [0.1, 0.15) is 5.38 Å². The normalized spacial score (nSPS) is 16.4. The summed E-state index contributed by atoms with van der Waals surface area (Å²) in [5.41, 5.74) is 2.03. The fourth-order valence-corrected chi connectivity index (χ4v) is 2.20. The molecule has 0 spiro atoms. The number of nitrogens with zero attached hydrogens (tertiary/aromatic N) is 1. The van der Waals surface area contributed by atoms with Gasteiger partial charge in [0.2, 0.25) is 5.91 Å². The van der Waals surface area contributed by atoms with Crippen molar-refractivity contribution in [2.24, 2.45) is 0 Å². The zero-order valence-corrected chi connectivity index (χ0v) is 12.6. The van der Waals surface area contributed by atoms with Gasteiger partial charge in [-0.25, -0.2) is 0 Å². The molecule has 2 rings (SSSR count). The Balaban J connectivity index is 0.00000180. The van der Waals surface area contributed by atoms with Crippen LogP contribution >= 0.6 is 24.0 Å². The first-order valence-electron chi connectivity index (χ1n) is 6.47. The van der Waals surface area contributed by atoms with Gasteiger partial charge in [-0.2, -0.15) is 0 Å². The van der Waals surface area contributed by atoms with E-state index in [0.717, 1.165) is 18.8 Å². The van der Waals surface area contributed by atoms with Crippen molar-refractivity contribution in [1.82, 2.24) is 0 Å². The molecule has 1 fully saturated rings. The number of halogens is 2. The van der Waals surface area contributed by atoms with Crippen molar-refractivity contribution in [3.8, 4) is 0 Å². The first-order chi connectivity index (χ1) is 8.66. The van der Waals surface area contributed by atoms with Crippen molar-refractivity contribution >= 4 is 41.3 Å². The maximum Gasteiger partial charge on any atom is 0.242 e. The molecular formula is C14H20Cl2N2O. The van der Waals surface area contributed by atoms with Gasteiger partial charge in [-0.1, -0.05) is 0 Å². The molecule has 0 aromatic heterocycles. The first-order valence-corrected chi connectivity index (χ1v) is 6.90. The molecule has 1 heterocycles. The van der Waals surface area contributed by atoms with Crippen LogP contribution in [0.5, 0.6) is 0 Å². The van der Waals surface area contributed by atoms with Gasteiger partial charge in [-0.15, -0.1) is 24.0 Å². The predicted molar refractivity (Wildman–Crippen MR) is 83.7 cm³/mol. The zero-order valence-electron chi connectivity index (χ0n) is 11.1. The summed E-state index contributed by atoms with van der Waals surface area (Å²) in [5, 5.41) is 2.27. The second-order valence-electron chi connectivity index (χ2n) is 4.70. The van der Waals surface area contributed by atoms with Gasteiger partial charge in [0.15, 0.2) is 0 Å². The fraction of sp³-hybridized carbons (Fsp3) is 0.500. The summed E-state index contributed by atoms with van der Waals surface area (Å²) in [6.07, 6.45) is 3.86.